The van der Waals surface area contributed by atoms with Crippen LogP contribution in [0.25, 0.3) is 0 Å². The number of aromatic nitrogens is 3. The predicted molar refractivity (Wildman–Crippen MR) is 85.3 cm³/mol. The van der Waals surface area contributed by atoms with Crippen molar-refractivity contribution in [2.75, 3.05) is 12.3 Å². The third-order valence-electron chi connectivity index (χ3n) is 4.20. The van der Waals surface area contributed by atoms with E-state index < -0.39 is 6.10 Å². The van der Waals surface area contributed by atoms with Gasteiger partial charge in [-0.2, -0.15) is 10.1 Å². The monoisotopic (exact) mass is 315 g/mol. The van der Waals surface area contributed by atoms with E-state index in [-0.39, 0.29) is 11.9 Å². The number of nitrogen functional groups attached to an aromatic ring is 1. The SMILES string of the molecule is Cn1nc(C2CCCN2C(=O)[C@@H](O)Cc2ccccc2)nc1N. The number of aliphatic hydroxyl groups is 1. The first-order valence-corrected chi connectivity index (χ1v) is 7.75. The Labute approximate surface area is 134 Å². The van der Waals surface area contributed by atoms with Crippen LogP contribution in [0.5, 0.6) is 0 Å². The average Bonchev–Trinajstić information content (AvgIpc) is 3.15. The van der Waals surface area contributed by atoms with Gasteiger partial charge in [0.1, 0.15) is 6.10 Å². The van der Waals surface area contributed by atoms with Crippen LogP contribution in [0.2, 0.25) is 0 Å². The lowest BCUT2D eigenvalue weighted by Gasteiger charge is -2.25. The van der Waals surface area contributed by atoms with Crippen LogP contribution in [0.15, 0.2) is 30.3 Å². The zero-order valence-electron chi connectivity index (χ0n) is 13.1. The maximum Gasteiger partial charge on any atom is 0.252 e. The van der Waals surface area contributed by atoms with E-state index in [1.807, 2.05) is 30.3 Å². The lowest BCUT2D eigenvalue weighted by molar-refractivity contribution is -0.141. The number of nitrogens with zero attached hydrogens (tertiary/aromatic N) is 4. The van der Waals surface area contributed by atoms with E-state index in [1.165, 1.54) is 4.68 Å². The molecule has 3 rings (SSSR count). The van der Waals surface area contributed by atoms with Gasteiger partial charge in [-0.05, 0) is 18.4 Å². The van der Waals surface area contributed by atoms with Crippen LogP contribution in [-0.2, 0) is 18.3 Å². The van der Waals surface area contributed by atoms with Gasteiger partial charge in [-0.25, -0.2) is 4.68 Å². The minimum atomic E-state index is -1.06. The Bertz CT molecular complexity index is 666. The van der Waals surface area contributed by atoms with E-state index in [0.717, 1.165) is 18.4 Å². The molecule has 1 aromatic carbocycles. The first-order chi connectivity index (χ1) is 11.1. The number of hydrogen-bond donors (Lipinski definition) is 2. The highest BCUT2D eigenvalue weighted by molar-refractivity contribution is 5.81. The van der Waals surface area contributed by atoms with Gasteiger partial charge in [0.05, 0.1) is 6.04 Å². The van der Waals surface area contributed by atoms with E-state index in [0.29, 0.717) is 24.7 Å². The van der Waals surface area contributed by atoms with Crippen LogP contribution in [0.3, 0.4) is 0 Å². The van der Waals surface area contributed by atoms with E-state index >= 15 is 0 Å². The topological polar surface area (TPSA) is 97.3 Å². The Morgan fingerprint density at radius 3 is 2.83 bits per heavy atom. The molecule has 2 atom stereocenters. The predicted octanol–water partition coefficient (Wildman–Crippen LogP) is 0.664. The number of hydrogen-bond acceptors (Lipinski definition) is 5. The summed E-state index contributed by atoms with van der Waals surface area (Å²) in [5, 5.41) is 14.6. The Balaban J connectivity index is 1.72. The fourth-order valence-corrected chi connectivity index (χ4v) is 2.97. The third kappa shape index (κ3) is 3.19. The summed E-state index contributed by atoms with van der Waals surface area (Å²) in [6.45, 7) is 0.605. The lowest BCUT2D eigenvalue weighted by Crippen LogP contribution is -2.40. The highest BCUT2D eigenvalue weighted by atomic mass is 16.3. The quantitative estimate of drug-likeness (QED) is 0.864. The van der Waals surface area contributed by atoms with Crippen molar-refractivity contribution in [3.05, 3.63) is 41.7 Å². The first kappa shape index (κ1) is 15.5. The van der Waals surface area contributed by atoms with Crippen molar-refractivity contribution >= 4 is 11.9 Å². The van der Waals surface area contributed by atoms with Crippen LogP contribution in [0, 0.1) is 0 Å². The summed E-state index contributed by atoms with van der Waals surface area (Å²) in [4.78, 5) is 18.5. The smallest absolute Gasteiger partial charge is 0.252 e. The van der Waals surface area contributed by atoms with Crippen molar-refractivity contribution in [1.29, 1.82) is 0 Å². The van der Waals surface area contributed by atoms with Crippen LogP contribution in [0.4, 0.5) is 5.95 Å². The number of carbonyl (C=O) groups excluding carboxylic acids is 1. The Morgan fingerprint density at radius 2 is 2.17 bits per heavy atom. The summed E-state index contributed by atoms with van der Waals surface area (Å²) >= 11 is 0. The van der Waals surface area contributed by atoms with Crippen molar-refractivity contribution in [1.82, 2.24) is 19.7 Å². The minimum Gasteiger partial charge on any atom is -0.383 e. The van der Waals surface area contributed by atoms with E-state index in [4.69, 9.17) is 5.73 Å². The molecule has 0 aliphatic carbocycles. The number of aliphatic hydroxyl groups excluding tert-OH is 1. The lowest BCUT2D eigenvalue weighted by atomic mass is 10.1. The summed E-state index contributed by atoms with van der Waals surface area (Å²) in [5.41, 5.74) is 6.66. The molecule has 1 saturated heterocycles. The molecule has 23 heavy (non-hydrogen) atoms. The normalized spacial score (nSPS) is 19.0. The number of likely N-dealkylation sites (tertiary alicyclic amines) is 1. The van der Waals surface area contributed by atoms with Gasteiger partial charge in [0.15, 0.2) is 5.82 Å². The van der Waals surface area contributed by atoms with Crippen LogP contribution >= 0.6 is 0 Å². The molecule has 0 spiro atoms. The van der Waals surface area contributed by atoms with Gasteiger partial charge in [0.2, 0.25) is 5.95 Å². The third-order valence-corrected chi connectivity index (χ3v) is 4.20. The zero-order valence-corrected chi connectivity index (χ0v) is 13.1. The van der Waals surface area contributed by atoms with Crippen molar-refractivity contribution < 1.29 is 9.90 Å². The summed E-state index contributed by atoms with van der Waals surface area (Å²) in [5.74, 6) is 0.592. The highest BCUT2D eigenvalue weighted by Crippen LogP contribution is 2.31. The number of aryl methyl sites for hydroxylation is 1. The number of amides is 1. The van der Waals surface area contributed by atoms with Crippen LogP contribution in [0.1, 0.15) is 30.3 Å². The molecular weight excluding hydrogens is 294 g/mol. The maximum atomic E-state index is 12.6. The van der Waals surface area contributed by atoms with Crippen molar-refractivity contribution in [2.45, 2.75) is 31.4 Å². The van der Waals surface area contributed by atoms with Gasteiger partial charge in [0, 0.05) is 20.0 Å². The summed E-state index contributed by atoms with van der Waals surface area (Å²) in [7, 11) is 1.72. The Kier molecular flexibility index (Phi) is 4.29. The molecule has 0 radical (unpaired) electrons. The molecule has 0 saturated carbocycles. The van der Waals surface area contributed by atoms with Crippen molar-refractivity contribution in [3.8, 4) is 0 Å². The number of nitrogens with two attached hydrogens (primary N) is 1. The molecule has 2 heterocycles. The van der Waals surface area contributed by atoms with Gasteiger partial charge < -0.3 is 15.7 Å². The Morgan fingerprint density at radius 1 is 1.43 bits per heavy atom. The standard InChI is InChI=1S/C16H21N5O2/c1-20-16(17)18-14(19-20)12-8-5-9-21(12)15(23)13(22)10-11-6-3-2-4-7-11/h2-4,6-7,12-13,22H,5,8-10H2,1H3,(H2,17,18,19)/t12?,13-/m0/s1. The zero-order chi connectivity index (χ0) is 16.4. The summed E-state index contributed by atoms with van der Waals surface area (Å²) in [6, 6.07) is 9.29. The molecule has 7 heteroatoms. The highest BCUT2D eigenvalue weighted by Gasteiger charge is 2.35. The molecule has 1 fully saturated rings. The van der Waals surface area contributed by atoms with Crippen molar-refractivity contribution in [3.63, 3.8) is 0 Å². The second-order valence-electron chi connectivity index (χ2n) is 5.85. The van der Waals surface area contributed by atoms with Crippen LogP contribution < -0.4 is 5.73 Å². The summed E-state index contributed by atoms with van der Waals surface area (Å²) < 4.78 is 1.50. The van der Waals surface area contributed by atoms with E-state index in [2.05, 4.69) is 10.1 Å². The molecule has 3 N–H and O–H groups in total. The molecule has 0 bridgehead atoms. The number of rotatable bonds is 4. The average molecular weight is 315 g/mol. The van der Waals surface area contributed by atoms with Gasteiger partial charge >= 0.3 is 0 Å². The molecule has 122 valence electrons. The molecule has 1 aromatic heterocycles. The fraction of sp³-hybridized carbons (Fsp3) is 0.438. The van der Waals surface area contributed by atoms with E-state index in [1.54, 1.807) is 11.9 Å². The second-order valence-corrected chi connectivity index (χ2v) is 5.85. The molecule has 1 aliphatic rings. The van der Waals surface area contributed by atoms with Gasteiger partial charge in [-0.15, -0.1) is 0 Å². The molecule has 7 nitrogen and oxygen atoms in total. The van der Waals surface area contributed by atoms with Crippen molar-refractivity contribution in [2.24, 2.45) is 7.05 Å². The molecular formula is C16H21N5O2. The number of carbonyl (C=O) groups is 1. The number of benzene rings is 1. The van der Waals surface area contributed by atoms with E-state index in [9.17, 15) is 9.90 Å². The first-order valence-electron chi connectivity index (χ1n) is 7.75. The van der Waals surface area contributed by atoms with Crippen LogP contribution in [-0.4, -0.2) is 43.3 Å². The summed E-state index contributed by atoms with van der Waals surface area (Å²) in [6.07, 6.45) is 0.902. The van der Waals surface area contributed by atoms with Gasteiger partial charge in [-0.1, -0.05) is 30.3 Å². The minimum absolute atomic E-state index is 0.212. The largest absolute Gasteiger partial charge is 0.383 e. The van der Waals surface area contributed by atoms with Gasteiger partial charge in [-0.3, -0.25) is 4.79 Å². The second kappa shape index (κ2) is 6.37. The maximum absolute atomic E-state index is 12.6. The van der Waals surface area contributed by atoms with Gasteiger partial charge in [0.25, 0.3) is 5.91 Å². The Hall–Kier alpha value is -2.41. The molecule has 1 aliphatic heterocycles. The molecule has 2 aromatic rings. The fourth-order valence-electron chi connectivity index (χ4n) is 2.97. The molecule has 1 amide bonds. The molecule has 1 unspecified atom stereocenters. The number of anilines is 1.